The third-order valence-electron chi connectivity index (χ3n) is 4.24. The van der Waals surface area contributed by atoms with Gasteiger partial charge in [-0.3, -0.25) is 16.0 Å². The second kappa shape index (κ2) is 9.14. The number of aromatic nitrogens is 2. The van der Waals surface area contributed by atoms with Crippen molar-refractivity contribution in [1.29, 1.82) is 0 Å². The Kier molecular flexibility index (Phi) is 7.85. The maximum atomic E-state index is 5.82. The molecule has 0 saturated carbocycles. The highest BCUT2D eigenvalue weighted by Gasteiger charge is 2.20. The Morgan fingerprint density at radius 1 is 1.30 bits per heavy atom. The van der Waals surface area contributed by atoms with E-state index in [-0.39, 0.29) is 0 Å². The van der Waals surface area contributed by atoms with Crippen molar-refractivity contribution in [3.63, 3.8) is 0 Å². The molecule has 0 aliphatic rings. The van der Waals surface area contributed by atoms with E-state index in [9.17, 15) is 0 Å². The van der Waals surface area contributed by atoms with Crippen LogP contribution in [0.1, 0.15) is 64.8 Å². The standard InChI is InChI=1S/C16H32N4/c1-5-9-10-13(6-2)16(18-17)12-15-11-14(7-3)19-20(15)8-4/h11,13,16,18H,5-10,12,17H2,1-4H3. The smallest absolute Gasteiger partial charge is 0.0624 e. The van der Waals surface area contributed by atoms with Crippen molar-refractivity contribution in [1.82, 2.24) is 15.2 Å². The van der Waals surface area contributed by atoms with Gasteiger partial charge in [0.05, 0.1) is 5.69 Å². The number of aryl methyl sites for hydroxylation is 2. The molecule has 3 N–H and O–H groups in total. The molecule has 0 bridgehead atoms. The van der Waals surface area contributed by atoms with Crippen molar-refractivity contribution >= 4 is 0 Å². The van der Waals surface area contributed by atoms with Gasteiger partial charge in [-0.15, -0.1) is 0 Å². The Balaban J connectivity index is 2.77. The van der Waals surface area contributed by atoms with Gasteiger partial charge in [-0.1, -0.05) is 40.0 Å². The van der Waals surface area contributed by atoms with Crippen LogP contribution in [0.3, 0.4) is 0 Å². The van der Waals surface area contributed by atoms with Crippen LogP contribution in [-0.4, -0.2) is 15.8 Å². The van der Waals surface area contributed by atoms with Crippen LogP contribution in [0, 0.1) is 5.92 Å². The minimum atomic E-state index is 0.346. The van der Waals surface area contributed by atoms with Crippen molar-refractivity contribution in [2.45, 2.75) is 78.8 Å². The van der Waals surface area contributed by atoms with Gasteiger partial charge in [0.15, 0.2) is 0 Å². The van der Waals surface area contributed by atoms with Gasteiger partial charge in [-0.2, -0.15) is 5.10 Å². The monoisotopic (exact) mass is 280 g/mol. The lowest BCUT2D eigenvalue weighted by Crippen LogP contribution is -2.42. The van der Waals surface area contributed by atoms with Gasteiger partial charge in [0, 0.05) is 24.7 Å². The molecule has 2 unspecified atom stereocenters. The second-order valence-electron chi connectivity index (χ2n) is 5.58. The number of unbranched alkanes of at least 4 members (excludes halogenated alkanes) is 1. The van der Waals surface area contributed by atoms with Crippen LogP contribution in [-0.2, 0) is 19.4 Å². The third kappa shape index (κ3) is 4.60. The highest BCUT2D eigenvalue weighted by atomic mass is 15.3. The molecule has 20 heavy (non-hydrogen) atoms. The minimum absolute atomic E-state index is 0.346. The summed E-state index contributed by atoms with van der Waals surface area (Å²) in [5.74, 6) is 6.46. The van der Waals surface area contributed by atoms with Crippen molar-refractivity contribution in [2.75, 3.05) is 0 Å². The molecule has 0 radical (unpaired) electrons. The number of nitrogens with two attached hydrogens (primary N) is 1. The van der Waals surface area contributed by atoms with Gasteiger partial charge in [0.2, 0.25) is 0 Å². The Morgan fingerprint density at radius 3 is 2.55 bits per heavy atom. The van der Waals surface area contributed by atoms with Crippen LogP contribution in [0.15, 0.2) is 6.07 Å². The fourth-order valence-electron chi connectivity index (χ4n) is 2.87. The van der Waals surface area contributed by atoms with E-state index < -0.39 is 0 Å². The fraction of sp³-hybridized carbons (Fsp3) is 0.812. The predicted molar refractivity (Wildman–Crippen MR) is 85.4 cm³/mol. The van der Waals surface area contributed by atoms with Gasteiger partial charge in [-0.05, 0) is 31.7 Å². The molecule has 1 rings (SSSR count). The van der Waals surface area contributed by atoms with E-state index >= 15 is 0 Å². The zero-order chi connectivity index (χ0) is 15.0. The lowest BCUT2D eigenvalue weighted by molar-refractivity contribution is 0.313. The van der Waals surface area contributed by atoms with Gasteiger partial charge in [0.25, 0.3) is 0 Å². The number of hydrogen-bond acceptors (Lipinski definition) is 3. The van der Waals surface area contributed by atoms with Crippen molar-refractivity contribution < 1.29 is 0 Å². The topological polar surface area (TPSA) is 55.9 Å². The van der Waals surface area contributed by atoms with Crippen molar-refractivity contribution in [2.24, 2.45) is 11.8 Å². The minimum Gasteiger partial charge on any atom is -0.271 e. The number of hydrogen-bond donors (Lipinski definition) is 2. The largest absolute Gasteiger partial charge is 0.271 e. The molecule has 0 saturated heterocycles. The first-order valence-electron chi connectivity index (χ1n) is 8.21. The molecule has 0 amide bonds. The molecule has 4 heteroatoms. The molecule has 2 atom stereocenters. The highest BCUT2D eigenvalue weighted by molar-refractivity contribution is 5.12. The van der Waals surface area contributed by atoms with Crippen molar-refractivity contribution in [3.05, 3.63) is 17.5 Å². The zero-order valence-electron chi connectivity index (χ0n) is 13.7. The number of hydrazine groups is 1. The molecule has 0 aliphatic heterocycles. The van der Waals surface area contributed by atoms with Gasteiger partial charge in [0.1, 0.15) is 0 Å². The van der Waals surface area contributed by atoms with Crippen molar-refractivity contribution in [3.8, 4) is 0 Å². The first-order valence-corrected chi connectivity index (χ1v) is 8.21. The molecular formula is C16H32N4. The number of nitrogens with one attached hydrogen (secondary N) is 1. The SMILES string of the molecule is CCCCC(CC)C(Cc1cc(CC)nn1CC)NN. The summed E-state index contributed by atoms with van der Waals surface area (Å²) in [4.78, 5) is 0. The van der Waals surface area contributed by atoms with Crippen LogP contribution < -0.4 is 11.3 Å². The maximum absolute atomic E-state index is 5.82. The third-order valence-corrected chi connectivity index (χ3v) is 4.24. The highest BCUT2D eigenvalue weighted by Crippen LogP contribution is 2.20. The van der Waals surface area contributed by atoms with Gasteiger partial charge >= 0.3 is 0 Å². The van der Waals surface area contributed by atoms with E-state index in [1.54, 1.807) is 0 Å². The Hall–Kier alpha value is -0.870. The fourth-order valence-corrected chi connectivity index (χ4v) is 2.87. The molecular weight excluding hydrogens is 248 g/mol. The van der Waals surface area contributed by atoms with Crippen LogP contribution >= 0.6 is 0 Å². The summed E-state index contributed by atoms with van der Waals surface area (Å²) < 4.78 is 2.12. The van der Waals surface area contributed by atoms with E-state index in [0.717, 1.165) is 19.4 Å². The normalized spacial score (nSPS) is 14.4. The van der Waals surface area contributed by atoms with Crippen LogP contribution in [0.25, 0.3) is 0 Å². The Labute approximate surface area is 124 Å². The van der Waals surface area contributed by atoms with E-state index in [1.165, 1.54) is 37.1 Å². The molecule has 0 aromatic carbocycles. The zero-order valence-corrected chi connectivity index (χ0v) is 13.7. The average Bonchev–Trinajstić information content (AvgIpc) is 2.88. The van der Waals surface area contributed by atoms with Gasteiger partial charge in [-0.25, -0.2) is 0 Å². The summed E-state index contributed by atoms with van der Waals surface area (Å²) in [6, 6.07) is 2.58. The summed E-state index contributed by atoms with van der Waals surface area (Å²) in [7, 11) is 0. The molecule has 116 valence electrons. The van der Waals surface area contributed by atoms with E-state index in [1.807, 2.05) is 0 Å². The first-order chi connectivity index (χ1) is 9.69. The molecule has 4 nitrogen and oxygen atoms in total. The molecule has 0 spiro atoms. The van der Waals surface area contributed by atoms with E-state index in [4.69, 9.17) is 5.84 Å². The number of nitrogens with zero attached hydrogens (tertiary/aromatic N) is 2. The molecule has 0 aliphatic carbocycles. The lowest BCUT2D eigenvalue weighted by Gasteiger charge is -2.25. The quantitative estimate of drug-likeness (QED) is 0.511. The average molecular weight is 280 g/mol. The molecule has 1 aromatic heterocycles. The van der Waals surface area contributed by atoms with Crippen LogP contribution in [0.4, 0.5) is 0 Å². The summed E-state index contributed by atoms with van der Waals surface area (Å²) in [6.45, 7) is 9.74. The summed E-state index contributed by atoms with van der Waals surface area (Å²) in [5.41, 5.74) is 5.54. The van der Waals surface area contributed by atoms with Gasteiger partial charge < -0.3 is 0 Å². The predicted octanol–water partition coefficient (Wildman–Crippen LogP) is 3.06. The molecule has 1 aromatic rings. The Bertz CT molecular complexity index is 373. The first kappa shape index (κ1) is 17.2. The second-order valence-corrected chi connectivity index (χ2v) is 5.58. The van der Waals surface area contributed by atoms with Crippen LogP contribution in [0.2, 0.25) is 0 Å². The Morgan fingerprint density at radius 2 is 2.05 bits per heavy atom. The summed E-state index contributed by atoms with van der Waals surface area (Å²) >= 11 is 0. The molecule has 1 heterocycles. The van der Waals surface area contributed by atoms with E-state index in [2.05, 4.69) is 49.0 Å². The number of rotatable bonds is 10. The maximum Gasteiger partial charge on any atom is 0.0624 e. The lowest BCUT2D eigenvalue weighted by atomic mass is 9.89. The molecule has 0 fully saturated rings. The van der Waals surface area contributed by atoms with E-state index in [0.29, 0.717) is 12.0 Å². The summed E-state index contributed by atoms with van der Waals surface area (Å²) in [5, 5.41) is 4.63. The van der Waals surface area contributed by atoms with Crippen LogP contribution in [0.5, 0.6) is 0 Å². The summed E-state index contributed by atoms with van der Waals surface area (Å²) in [6.07, 6.45) is 6.93.